The van der Waals surface area contributed by atoms with Gasteiger partial charge < -0.3 is 14.4 Å². The molecule has 1 atom stereocenters. The quantitative estimate of drug-likeness (QED) is 0.755. The van der Waals surface area contributed by atoms with Gasteiger partial charge in [0.25, 0.3) is 5.91 Å². The van der Waals surface area contributed by atoms with Crippen LogP contribution in [0.5, 0.6) is 0 Å². The zero-order valence-electron chi connectivity index (χ0n) is 11.8. The zero-order valence-corrected chi connectivity index (χ0v) is 12.6. The maximum atomic E-state index is 12.9. The van der Waals surface area contributed by atoms with E-state index in [9.17, 15) is 4.79 Å². The van der Waals surface area contributed by atoms with Gasteiger partial charge in [-0.3, -0.25) is 9.48 Å². The predicted octanol–water partition coefficient (Wildman–Crippen LogP) is 0.773. The largest absolute Gasteiger partial charge is 0.379 e. The monoisotopic (exact) mass is 297 g/mol. The van der Waals surface area contributed by atoms with E-state index in [1.807, 2.05) is 18.2 Å². The Bertz CT molecular complexity index is 511. The highest BCUT2D eigenvalue weighted by Crippen LogP contribution is 2.32. The van der Waals surface area contributed by atoms with Crippen molar-refractivity contribution in [1.82, 2.24) is 14.7 Å². The number of aromatic nitrogens is 2. The van der Waals surface area contributed by atoms with Crippen LogP contribution in [0.4, 0.5) is 0 Å². The Kier molecular flexibility index (Phi) is 3.74. The molecule has 6 nitrogen and oxygen atoms in total. The lowest BCUT2D eigenvalue weighted by Gasteiger charge is -2.43. The summed E-state index contributed by atoms with van der Waals surface area (Å²) >= 11 is 1.54. The van der Waals surface area contributed by atoms with Crippen LogP contribution in [0.3, 0.4) is 0 Å². The van der Waals surface area contributed by atoms with Gasteiger partial charge in [-0.15, -0.1) is 11.8 Å². The highest BCUT2D eigenvalue weighted by molar-refractivity contribution is 7.98. The normalized spacial score (nSPS) is 26.4. The van der Waals surface area contributed by atoms with E-state index in [0.29, 0.717) is 38.5 Å². The molecule has 2 aliphatic heterocycles. The number of hydrogen-bond acceptors (Lipinski definition) is 5. The number of nitrogens with zero attached hydrogens (tertiary/aromatic N) is 3. The van der Waals surface area contributed by atoms with Crippen molar-refractivity contribution >= 4 is 17.7 Å². The van der Waals surface area contributed by atoms with Crippen molar-refractivity contribution in [2.75, 3.05) is 39.2 Å². The minimum absolute atomic E-state index is 0.0382. The summed E-state index contributed by atoms with van der Waals surface area (Å²) in [5, 5.41) is 5.10. The standard InChI is InChI=1S/C13H19N3O3S/c1-15-12(20-2)10(7-14-15)11(17)16-4-6-19-9-13(16)3-5-18-8-13/h7H,3-6,8-9H2,1-2H3. The lowest BCUT2D eigenvalue weighted by atomic mass is 9.95. The number of morpholine rings is 1. The second kappa shape index (κ2) is 5.38. The van der Waals surface area contributed by atoms with Gasteiger partial charge in [-0.25, -0.2) is 0 Å². The van der Waals surface area contributed by atoms with E-state index in [2.05, 4.69) is 5.10 Å². The molecular formula is C13H19N3O3S. The molecule has 3 heterocycles. The summed E-state index contributed by atoms with van der Waals surface area (Å²) in [5.74, 6) is 0.0382. The van der Waals surface area contributed by atoms with Crippen LogP contribution in [-0.2, 0) is 16.5 Å². The van der Waals surface area contributed by atoms with Gasteiger partial charge in [0.2, 0.25) is 0 Å². The smallest absolute Gasteiger partial charge is 0.258 e. The third-order valence-electron chi connectivity index (χ3n) is 4.04. The third-order valence-corrected chi connectivity index (χ3v) is 4.91. The van der Waals surface area contributed by atoms with Gasteiger partial charge >= 0.3 is 0 Å². The van der Waals surface area contributed by atoms with E-state index < -0.39 is 0 Å². The molecule has 0 saturated carbocycles. The van der Waals surface area contributed by atoms with Gasteiger partial charge in [-0.05, 0) is 12.7 Å². The van der Waals surface area contributed by atoms with Gasteiger partial charge in [0, 0.05) is 20.2 Å². The Morgan fingerprint density at radius 2 is 2.15 bits per heavy atom. The highest BCUT2D eigenvalue weighted by Gasteiger charge is 2.46. The maximum Gasteiger partial charge on any atom is 0.258 e. The Labute approximate surface area is 122 Å². The molecule has 110 valence electrons. The molecule has 3 rings (SSSR count). The second-order valence-corrected chi connectivity index (χ2v) is 6.02. The molecule has 0 aromatic carbocycles. The summed E-state index contributed by atoms with van der Waals surface area (Å²) in [7, 11) is 1.86. The van der Waals surface area contributed by atoms with E-state index in [4.69, 9.17) is 9.47 Å². The molecule has 0 bridgehead atoms. The summed E-state index contributed by atoms with van der Waals surface area (Å²) in [6.45, 7) is 3.02. The first-order valence-electron chi connectivity index (χ1n) is 6.71. The van der Waals surface area contributed by atoms with Gasteiger partial charge in [-0.2, -0.15) is 5.10 Å². The Morgan fingerprint density at radius 1 is 1.40 bits per heavy atom. The van der Waals surface area contributed by atoms with E-state index in [1.165, 1.54) is 0 Å². The van der Waals surface area contributed by atoms with Gasteiger partial charge in [0.15, 0.2) is 0 Å². The van der Waals surface area contributed by atoms with Gasteiger partial charge in [0.1, 0.15) is 5.03 Å². The average Bonchev–Trinajstić information content (AvgIpc) is 3.06. The number of amides is 1. The molecule has 20 heavy (non-hydrogen) atoms. The van der Waals surface area contributed by atoms with E-state index in [0.717, 1.165) is 11.4 Å². The van der Waals surface area contributed by atoms with Crippen LogP contribution >= 0.6 is 11.8 Å². The maximum absolute atomic E-state index is 12.9. The van der Waals surface area contributed by atoms with Gasteiger partial charge in [-0.1, -0.05) is 0 Å². The average molecular weight is 297 g/mol. The molecule has 0 N–H and O–H groups in total. The molecule has 1 aromatic rings. The number of aryl methyl sites for hydroxylation is 1. The van der Waals surface area contributed by atoms with E-state index in [-0.39, 0.29) is 11.4 Å². The molecule has 0 radical (unpaired) electrons. The van der Waals surface area contributed by atoms with Crippen molar-refractivity contribution in [1.29, 1.82) is 0 Å². The Morgan fingerprint density at radius 3 is 2.85 bits per heavy atom. The van der Waals surface area contributed by atoms with Crippen molar-refractivity contribution in [3.05, 3.63) is 11.8 Å². The molecule has 2 saturated heterocycles. The van der Waals surface area contributed by atoms with Crippen molar-refractivity contribution in [3.63, 3.8) is 0 Å². The van der Waals surface area contributed by atoms with Crippen molar-refractivity contribution < 1.29 is 14.3 Å². The predicted molar refractivity (Wildman–Crippen MR) is 75.0 cm³/mol. The fourth-order valence-corrected chi connectivity index (χ4v) is 3.60. The molecule has 0 aliphatic carbocycles. The molecular weight excluding hydrogens is 278 g/mol. The first-order valence-corrected chi connectivity index (χ1v) is 7.94. The fourth-order valence-electron chi connectivity index (χ4n) is 2.93. The molecule has 1 spiro atoms. The number of carbonyl (C=O) groups is 1. The summed E-state index contributed by atoms with van der Waals surface area (Å²) in [6, 6.07) is 0. The lowest BCUT2D eigenvalue weighted by Crippen LogP contribution is -2.59. The Balaban J connectivity index is 1.91. The number of hydrogen-bond donors (Lipinski definition) is 0. The summed E-state index contributed by atoms with van der Waals surface area (Å²) < 4.78 is 12.8. The van der Waals surface area contributed by atoms with E-state index in [1.54, 1.807) is 22.6 Å². The SMILES string of the molecule is CSc1c(C(=O)N2CCOCC23CCOC3)cnn1C. The molecule has 2 fully saturated rings. The third kappa shape index (κ3) is 2.13. The first-order chi connectivity index (χ1) is 9.68. The van der Waals surface area contributed by atoms with Crippen LogP contribution in [0.25, 0.3) is 0 Å². The molecule has 1 aromatic heterocycles. The fraction of sp³-hybridized carbons (Fsp3) is 0.692. The molecule has 1 amide bonds. The van der Waals surface area contributed by atoms with E-state index >= 15 is 0 Å². The molecule has 1 unspecified atom stereocenters. The van der Waals surface area contributed by atoms with Crippen LogP contribution in [0.15, 0.2) is 11.2 Å². The molecule has 2 aliphatic rings. The Hall–Kier alpha value is -1.05. The number of carbonyl (C=O) groups excluding carboxylic acids is 1. The lowest BCUT2D eigenvalue weighted by molar-refractivity contribution is -0.0552. The zero-order chi connectivity index (χ0) is 14.2. The summed E-state index contributed by atoms with van der Waals surface area (Å²) in [6.07, 6.45) is 4.46. The van der Waals surface area contributed by atoms with Crippen LogP contribution in [0.2, 0.25) is 0 Å². The first kappa shape index (κ1) is 13.9. The van der Waals surface area contributed by atoms with Crippen molar-refractivity contribution in [2.24, 2.45) is 7.05 Å². The molecule has 7 heteroatoms. The van der Waals surface area contributed by atoms with Crippen molar-refractivity contribution in [2.45, 2.75) is 17.0 Å². The van der Waals surface area contributed by atoms with Crippen LogP contribution in [0, 0.1) is 0 Å². The number of ether oxygens (including phenoxy) is 2. The van der Waals surface area contributed by atoms with Gasteiger partial charge in [0.05, 0.1) is 37.1 Å². The summed E-state index contributed by atoms with van der Waals surface area (Å²) in [5.41, 5.74) is 0.383. The number of rotatable bonds is 2. The second-order valence-electron chi connectivity index (χ2n) is 5.23. The summed E-state index contributed by atoms with van der Waals surface area (Å²) in [4.78, 5) is 14.8. The minimum atomic E-state index is -0.291. The minimum Gasteiger partial charge on any atom is -0.379 e. The van der Waals surface area contributed by atoms with Crippen LogP contribution in [0.1, 0.15) is 16.8 Å². The van der Waals surface area contributed by atoms with Crippen LogP contribution in [-0.4, -0.2) is 65.4 Å². The highest BCUT2D eigenvalue weighted by atomic mass is 32.2. The van der Waals surface area contributed by atoms with Crippen molar-refractivity contribution in [3.8, 4) is 0 Å². The number of thioether (sulfide) groups is 1. The van der Waals surface area contributed by atoms with Crippen LogP contribution < -0.4 is 0 Å². The topological polar surface area (TPSA) is 56.6 Å².